The molecule has 0 aliphatic heterocycles. The maximum Gasteiger partial charge on any atom is 0.226 e. The molecule has 23 heavy (non-hydrogen) atoms. The van der Waals surface area contributed by atoms with E-state index in [0.717, 1.165) is 31.6 Å². The van der Waals surface area contributed by atoms with Crippen molar-refractivity contribution in [3.63, 3.8) is 0 Å². The van der Waals surface area contributed by atoms with Gasteiger partial charge in [-0.3, -0.25) is 4.79 Å². The second-order valence-electron chi connectivity index (χ2n) is 6.47. The Hall–Kier alpha value is -1.81. The summed E-state index contributed by atoms with van der Waals surface area (Å²) in [6.45, 7) is 0.774. The van der Waals surface area contributed by atoms with Crippen LogP contribution >= 0.6 is 11.3 Å². The molecule has 2 aliphatic rings. The summed E-state index contributed by atoms with van der Waals surface area (Å²) in [5.41, 5.74) is 1.18. The van der Waals surface area contributed by atoms with E-state index in [0.29, 0.717) is 17.9 Å². The quantitative estimate of drug-likeness (QED) is 0.801. The van der Waals surface area contributed by atoms with Crippen molar-refractivity contribution in [1.82, 2.24) is 4.90 Å². The van der Waals surface area contributed by atoms with Gasteiger partial charge in [-0.2, -0.15) is 0 Å². The molecule has 1 amide bonds. The van der Waals surface area contributed by atoms with Crippen molar-refractivity contribution in [1.29, 1.82) is 0 Å². The van der Waals surface area contributed by atoms with Crippen LogP contribution < -0.4 is 4.74 Å². The van der Waals surface area contributed by atoms with Gasteiger partial charge in [0.05, 0.1) is 13.7 Å². The predicted molar refractivity (Wildman–Crippen MR) is 91.7 cm³/mol. The maximum atomic E-state index is 13.0. The lowest BCUT2D eigenvalue weighted by Gasteiger charge is -2.22. The third kappa shape index (κ3) is 3.00. The molecular formula is C19H21NO2S. The number of methoxy groups -OCH3 is 1. The van der Waals surface area contributed by atoms with Crippen LogP contribution in [0.25, 0.3) is 0 Å². The Balaban J connectivity index is 1.48. The third-order valence-electron chi connectivity index (χ3n) is 4.82. The third-order valence-corrected chi connectivity index (χ3v) is 5.68. The monoisotopic (exact) mass is 327 g/mol. The summed E-state index contributed by atoms with van der Waals surface area (Å²) in [6.07, 6.45) is 3.26. The zero-order chi connectivity index (χ0) is 15.8. The van der Waals surface area contributed by atoms with E-state index in [9.17, 15) is 4.79 Å². The smallest absolute Gasteiger partial charge is 0.226 e. The van der Waals surface area contributed by atoms with Gasteiger partial charge in [-0.25, -0.2) is 0 Å². The van der Waals surface area contributed by atoms with Crippen LogP contribution in [0.5, 0.6) is 5.75 Å². The fraction of sp³-hybridized carbons (Fsp3) is 0.421. The molecule has 0 N–H and O–H groups in total. The SMILES string of the molecule is COc1ccccc1[C@@H]1C[C@@H]1C(=O)N(Cc1cccs1)C1CC1. The Morgan fingerprint density at radius 1 is 1.26 bits per heavy atom. The number of para-hydroxylation sites is 1. The number of carbonyl (C=O) groups is 1. The minimum absolute atomic E-state index is 0.131. The molecule has 0 spiro atoms. The summed E-state index contributed by atoms with van der Waals surface area (Å²) in [7, 11) is 1.70. The molecule has 0 bridgehead atoms. The highest BCUT2D eigenvalue weighted by Gasteiger charge is 2.49. The molecular weight excluding hydrogens is 306 g/mol. The average Bonchev–Trinajstić information content (AvgIpc) is 3.50. The van der Waals surface area contributed by atoms with Crippen molar-refractivity contribution in [3.8, 4) is 5.75 Å². The Labute approximate surface area is 140 Å². The minimum atomic E-state index is 0.131. The fourth-order valence-electron chi connectivity index (χ4n) is 3.34. The molecule has 2 aromatic rings. The van der Waals surface area contributed by atoms with Crippen LogP contribution in [0.4, 0.5) is 0 Å². The van der Waals surface area contributed by atoms with Crippen molar-refractivity contribution in [2.75, 3.05) is 7.11 Å². The number of nitrogens with zero attached hydrogens (tertiary/aromatic N) is 1. The second kappa shape index (κ2) is 6.00. The number of rotatable bonds is 6. The van der Waals surface area contributed by atoms with E-state index in [2.05, 4.69) is 28.5 Å². The molecule has 4 rings (SSSR count). The van der Waals surface area contributed by atoms with Crippen molar-refractivity contribution in [3.05, 3.63) is 52.2 Å². The number of hydrogen-bond donors (Lipinski definition) is 0. The minimum Gasteiger partial charge on any atom is -0.496 e. The first-order chi connectivity index (χ1) is 11.3. The molecule has 0 radical (unpaired) electrons. The van der Waals surface area contributed by atoms with Gasteiger partial charge in [0, 0.05) is 16.8 Å². The average molecular weight is 327 g/mol. The van der Waals surface area contributed by atoms with E-state index in [1.165, 1.54) is 10.4 Å². The molecule has 2 atom stereocenters. The first-order valence-corrected chi connectivity index (χ1v) is 9.11. The molecule has 0 unspecified atom stereocenters. The Morgan fingerprint density at radius 3 is 2.78 bits per heavy atom. The van der Waals surface area contributed by atoms with Crippen LogP contribution in [0.3, 0.4) is 0 Å². The largest absolute Gasteiger partial charge is 0.496 e. The van der Waals surface area contributed by atoms with Gasteiger partial charge >= 0.3 is 0 Å². The molecule has 1 aromatic carbocycles. The van der Waals surface area contributed by atoms with E-state index in [1.54, 1.807) is 18.4 Å². The van der Waals surface area contributed by atoms with Gasteiger partial charge in [-0.15, -0.1) is 11.3 Å². The molecule has 0 saturated heterocycles. The molecule has 2 aliphatic carbocycles. The number of thiophene rings is 1. The number of benzene rings is 1. The number of hydrogen-bond acceptors (Lipinski definition) is 3. The Morgan fingerprint density at radius 2 is 2.09 bits per heavy atom. The maximum absolute atomic E-state index is 13.0. The van der Waals surface area contributed by atoms with Gasteiger partial charge in [-0.1, -0.05) is 24.3 Å². The van der Waals surface area contributed by atoms with Crippen molar-refractivity contribution >= 4 is 17.2 Å². The van der Waals surface area contributed by atoms with E-state index in [1.807, 2.05) is 18.2 Å². The van der Waals surface area contributed by atoms with Gasteiger partial charge in [0.15, 0.2) is 0 Å². The highest BCUT2D eigenvalue weighted by molar-refractivity contribution is 7.09. The Kier molecular flexibility index (Phi) is 3.85. The van der Waals surface area contributed by atoms with Crippen LogP contribution in [0, 0.1) is 5.92 Å². The highest BCUT2D eigenvalue weighted by Crippen LogP contribution is 2.52. The van der Waals surface area contributed by atoms with Crippen molar-refractivity contribution in [2.45, 2.75) is 37.8 Å². The zero-order valence-corrected chi connectivity index (χ0v) is 14.1. The zero-order valence-electron chi connectivity index (χ0n) is 13.3. The van der Waals surface area contributed by atoms with Gasteiger partial charge in [-0.05, 0) is 48.3 Å². The van der Waals surface area contributed by atoms with E-state index >= 15 is 0 Å². The lowest BCUT2D eigenvalue weighted by atomic mass is 10.1. The lowest BCUT2D eigenvalue weighted by molar-refractivity contribution is -0.133. The van der Waals surface area contributed by atoms with Gasteiger partial charge in [0.2, 0.25) is 5.91 Å². The van der Waals surface area contributed by atoms with E-state index < -0.39 is 0 Å². The molecule has 4 heteroatoms. The number of carbonyl (C=O) groups excluding carboxylic acids is 1. The standard InChI is InChI=1S/C19H21NO2S/c1-22-18-7-3-2-6-15(18)16-11-17(16)19(21)20(13-8-9-13)12-14-5-4-10-23-14/h2-7,10,13,16-17H,8-9,11-12H2,1H3/t16-,17-/m0/s1. The first-order valence-electron chi connectivity index (χ1n) is 8.23. The summed E-state index contributed by atoms with van der Waals surface area (Å²) in [5, 5.41) is 2.08. The summed E-state index contributed by atoms with van der Waals surface area (Å²) in [5.74, 6) is 1.69. The number of ether oxygens (including phenoxy) is 1. The van der Waals surface area contributed by atoms with Crippen LogP contribution in [0.2, 0.25) is 0 Å². The molecule has 3 nitrogen and oxygen atoms in total. The molecule has 1 heterocycles. The number of amides is 1. The summed E-state index contributed by atoms with van der Waals surface area (Å²) < 4.78 is 5.46. The molecule has 120 valence electrons. The van der Waals surface area contributed by atoms with Gasteiger partial charge < -0.3 is 9.64 Å². The summed E-state index contributed by atoms with van der Waals surface area (Å²) in [4.78, 5) is 16.4. The molecule has 2 saturated carbocycles. The first kappa shape index (κ1) is 14.8. The summed E-state index contributed by atoms with van der Waals surface area (Å²) >= 11 is 1.74. The van der Waals surface area contributed by atoms with Crippen LogP contribution in [-0.2, 0) is 11.3 Å². The molecule has 1 aromatic heterocycles. The van der Waals surface area contributed by atoms with Crippen molar-refractivity contribution < 1.29 is 9.53 Å². The van der Waals surface area contributed by atoms with E-state index in [4.69, 9.17) is 4.74 Å². The van der Waals surface area contributed by atoms with Gasteiger partial charge in [0.25, 0.3) is 0 Å². The molecule has 2 fully saturated rings. The van der Waals surface area contributed by atoms with Crippen LogP contribution in [0.15, 0.2) is 41.8 Å². The topological polar surface area (TPSA) is 29.5 Å². The predicted octanol–water partition coefficient (Wildman–Crippen LogP) is 4.05. The second-order valence-corrected chi connectivity index (χ2v) is 7.50. The Bertz CT molecular complexity index is 693. The lowest BCUT2D eigenvalue weighted by Crippen LogP contribution is -2.33. The van der Waals surface area contributed by atoms with Crippen LogP contribution in [0.1, 0.15) is 35.6 Å². The van der Waals surface area contributed by atoms with Crippen molar-refractivity contribution in [2.24, 2.45) is 5.92 Å². The van der Waals surface area contributed by atoms with E-state index in [-0.39, 0.29) is 5.92 Å². The van der Waals surface area contributed by atoms with Gasteiger partial charge in [0.1, 0.15) is 5.75 Å². The highest BCUT2D eigenvalue weighted by atomic mass is 32.1. The fourth-order valence-corrected chi connectivity index (χ4v) is 4.04. The normalized spacial score (nSPS) is 22.7. The summed E-state index contributed by atoms with van der Waals surface area (Å²) in [6, 6.07) is 12.7. The van der Waals surface area contributed by atoms with Crippen LogP contribution in [-0.4, -0.2) is 24.0 Å².